The number of amides is 1. The minimum Gasteiger partial charge on any atom is -0.340 e. The highest BCUT2D eigenvalue weighted by molar-refractivity contribution is 5.83. The second-order valence-electron chi connectivity index (χ2n) is 6.41. The molecule has 21 heavy (non-hydrogen) atoms. The summed E-state index contributed by atoms with van der Waals surface area (Å²) in [7, 11) is 0. The van der Waals surface area contributed by atoms with Gasteiger partial charge >= 0.3 is 0 Å². The molecule has 2 aliphatic heterocycles. The number of aromatic nitrogens is 1. The molecule has 1 amide bonds. The molecular formula is C16H24N4O. The van der Waals surface area contributed by atoms with Gasteiger partial charge in [-0.05, 0) is 37.6 Å². The molecule has 114 valence electrons. The summed E-state index contributed by atoms with van der Waals surface area (Å²) < 4.78 is 0. The van der Waals surface area contributed by atoms with Crippen molar-refractivity contribution in [3.63, 3.8) is 0 Å². The maximum absolute atomic E-state index is 12.6. The Morgan fingerprint density at radius 1 is 1.29 bits per heavy atom. The summed E-state index contributed by atoms with van der Waals surface area (Å²) in [5.41, 5.74) is 1.10. The van der Waals surface area contributed by atoms with Gasteiger partial charge in [0.2, 0.25) is 5.91 Å². The van der Waals surface area contributed by atoms with E-state index in [9.17, 15) is 4.79 Å². The van der Waals surface area contributed by atoms with Gasteiger partial charge in [-0.3, -0.25) is 14.7 Å². The lowest BCUT2D eigenvalue weighted by molar-refractivity contribution is -0.142. The first kappa shape index (κ1) is 14.5. The number of rotatable bonds is 3. The van der Waals surface area contributed by atoms with Crippen LogP contribution in [0.5, 0.6) is 0 Å². The van der Waals surface area contributed by atoms with Crippen LogP contribution in [0, 0.1) is 5.41 Å². The summed E-state index contributed by atoms with van der Waals surface area (Å²) in [5.74, 6) is 0.330. The van der Waals surface area contributed by atoms with Crippen molar-refractivity contribution in [1.82, 2.24) is 20.1 Å². The molecule has 1 aromatic heterocycles. The van der Waals surface area contributed by atoms with Crippen LogP contribution in [-0.2, 0) is 11.3 Å². The van der Waals surface area contributed by atoms with E-state index in [1.165, 1.54) is 5.56 Å². The molecule has 3 rings (SSSR count). The maximum atomic E-state index is 12.6. The van der Waals surface area contributed by atoms with Gasteiger partial charge in [0, 0.05) is 51.7 Å². The summed E-state index contributed by atoms with van der Waals surface area (Å²) in [6.07, 6.45) is 4.63. The van der Waals surface area contributed by atoms with Gasteiger partial charge in [-0.1, -0.05) is 0 Å². The van der Waals surface area contributed by atoms with Crippen LogP contribution in [-0.4, -0.2) is 60.0 Å². The zero-order valence-electron chi connectivity index (χ0n) is 12.7. The molecule has 1 atom stereocenters. The number of carbonyl (C=O) groups excluding carboxylic acids is 1. The van der Waals surface area contributed by atoms with Crippen molar-refractivity contribution in [3.8, 4) is 0 Å². The second-order valence-corrected chi connectivity index (χ2v) is 6.41. The molecule has 1 aromatic rings. The van der Waals surface area contributed by atoms with E-state index in [4.69, 9.17) is 0 Å². The van der Waals surface area contributed by atoms with Gasteiger partial charge in [0.25, 0.3) is 0 Å². The molecular weight excluding hydrogens is 264 g/mol. The minimum atomic E-state index is -0.187. The molecule has 0 spiro atoms. The summed E-state index contributed by atoms with van der Waals surface area (Å²) in [6.45, 7) is 8.43. The predicted molar refractivity (Wildman–Crippen MR) is 81.7 cm³/mol. The van der Waals surface area contributed by atoms with Crippen LogP contribution in [0.3, 0.4) is 0 Å². The zero-order valence-corrected chi connectivity index (χ0v) is 12.7. The SMILES string of the molecule is CC1(C(=O)N2CCN(Cc3ccncc3)CC2)CCNC1. The van der Waals surface area contributed by atoms with Gasteiger partial charge in [-0.15, -0.1) is 0 Å². The van der Waals surface area contributed by atoms with Crippen molar-refractivity contribution in [2.45, 2.75) is 19.9 Å². The highest BCUT2D eigenvalue weighted by atomic mass is 16.2. The Hall–Kier alpha value is -1.46. The molecule has 5 heteroatoms. The van der Waals surface area contributed by atoms with E-state index in [2.05, 4.69) is 39.2 Å². The minimum absolute atomic E-state index is 0.187. The molecule has 2 aliphatic rings. The van der Waals surface area contributed by atoms with Crippen LogP contribution in [0.2, 0.25) is 0 Å². The normalized spacial score (nSPS) is 27.0. The molecule has 5 nitrogen and oxygen atoms in total. The Kier molecular flexibility index (Phi) is 4.22. The van der Waals surface area contributed by atoms with Gasteiger partial charge in [-0.25, -0.2) is 0 Å². The monoisotopic (exact) mass is 288 g/mol. The van der Waals surface area contributed by atoms with Crippen LogP contribution in [0.15, 0.2) is 24.5 Å². The average molecular weight is 288 g/mol. The van der Waals surface area contributed by atoms with Crippen LogP contribution >= 0.6 is 0 Å². The van der Waals surface area contributed by atoms with Crippen molar-refractivity contribution < 1.29 is 4.79 Å². The number of hydrogen-bond acceptors (Lipinski definition) is 4. The van der Waals surface area contributed by atoms with Gasteiger partial charge in [0.1, 0.15) is 0 Å². The number of piperazine rings is 1. The lowest BCUT2D eigenvalue weighted by Crippen LogP contribution is -2.52. The fraction of sp³-hybridized carbons (Fsp3) is 0.625. The van der Waals surface area contributed by atoms with E-state index in [-0.39, 0.29) is 5.41 Å². The fourth-order valence-corrected chi connectivity index (χ4v) is 3.24. The molecule has 0 radical (unpaired) electrons. The number of carbonyl (C=O) groups is 1. The Morgan fingerprint density at radius 2 is 2.00 bits per heavy atom. The van der Waals surface area contributed by atoms with Gasteiger partial charge in [0.05, 0.1) is 5.41 Å². The van der Waals surface area contributed by atoms with E-state index in [1.54, 1.807) is 0 Å². The Morgan fingerprint density at radius 3 is 2.62 bits per heavy atom. The van der Waals surface area contributed by atoms with Gasteiger partial charge in [-0.2, -0.15) is 0 Å². The van der Waals surface area contributed by atoms with Crippen molar-refractivity contribution >= 4 is 5.91 Å². The first-order valence-electron chi connectivity index (χ1n) is 7.79. The van der Waals surface area contributed by atoms with Crippen LogP contribution in [0.4, 0.5) is 0 Å². The largest absolute Gasteiger partial charge is 0.340 e. The zero-order chi connectivity index (χ0) is 14.7. The van der Waals surface area contributed by atoms with Crippen molar-refractivity contribution in [3.05, 3.63) is 30.1 Å². The topological polar surface area (TPSA) is 48.5 Å². The van der Waals surface area contributed by atoms with E-state index in [1.807, 2.05) is 12.4 Å². The second kappa shape index (κ2) is 6.12. The first-order valence-corrected chi connectivity index (χ1v) is 7.79. The highest BCUT2D eigenvalue weighted by Crippen LogP contribution is 2.27. The van der Waals surface area contributed by atoms with Crippen molar-refractivity contribution in [1.29, 1.82) is 0 Å². The van der Waals surface area contributed by atoms with Crippen LogP contribution < -0.4 is 5.32 Å². The third-order valence-electron chi connectivity index (χ3n) is 4.70. The number of nitrogens with one attached hydrogen (secondary N) is 1. The van der Waals surface area contributed by atoms with Crippen molar-refractivity contribution in [2.75, 3.05) is 39.3 Å². The lowest BCUT2D eigenvalue weighted by atomic mass is 9.88. The molecule has 0 aliphatic carbocycles. The van der Waals surface area contributed by atoms with Gasteiger partial charge < -0.3 is 10.2 Å². The summed E-state index contributed by atoms with van der Waals surface area (Å²) in [4.78, 5) is 21.2. The molecule has 0 saturated carbocycles. The Balaban J connectivity index is 1.52. The number of nitrogens with zero attached hydrogens (tertiary/aromatic N) is 3. The molecule has 1 unspecified atom stereocenters. The van der Waals surface area contributed by atoms with E-state index >= 15 is 0 Å². The molecule has 3 heterocycles. The summed E-state index contributed by atoms with van der Waals surface area (Å²) >= 11 is 0. The Labute approximate surface area is 126 Å². The summed E-state index contributed by atoms with van der Waals surface area (Å²) in [5, 5.41) is 3.31. The standard InChI is InChI=1S/C16H24N4O/c1-16(4-7-18-13-16)15(21)20-10-8-19(9-11-20)12-14-2-5-17-6-3-14/h2-3,5-6,18H,4,7-13H2,1H3. The molecule has 0 bridgehead atoms. The number of hydrogen-bond donors (Lipinski definition) is 1. The predicted octanol–water partition coefficient (Wildman–Crippen LogP) is 0.725. The third kappa shape index (κ3) is 3.24. The number of pyridine rings is 1. The molecule has 2 saturated heterocycles. The highest BCUT2D eigenvalue weighted by Gasteiger charge is 2.39. The lowest BCUT2D eigenvalue weighted by Gasteiger charge is -2.38. The quantitative estimate of drug-likeness (QED) is 0.890. The molecule has 2 fully saturated rings. The molecule has 1 N–H and O–H groups in total. The third-order valence-corrected chi connectivity index (χ3v) is 4.70. The van der Waals surface area contributed by atoms with E-state index in [0.717, 1.165) is 52.2 Å². The van der Waals surface area contributed by atoms with Crippen molar-refractivity contribution in [2.24, 2.45) is 5.41 Å². The smallest absolute Gasteiger partial charge is 0.229 e. The van der Waals surface area contributed by atoms with Crippen LogP contribution in [0.1, 0.15) is 18.9 Å². The Bertz CT molecular complexity index is 476. The maximum Gasteiger partial charge on any atom is 0.229 e. The van der Waals surface area contributed by atoms with Crippen LogP contribution in [0.25, 0.3) is 0 Å². The van der Waals surface area contributed by atoms with E-state index in [0.29, 0.717) is 5.91 Å². The average Bonchev–Trinajstić information content (AvgIpc) is 2.96. The fourth-order valence-electron chi connectivity index (χ4n) is 3.24. The first-order chi connectivity index (χ1) is 10.2. The van der Waals surface area contributed by atoms with Gasteiger partial charge in [0.15, 0.2) is 0 Å². The summed E-state index contributed by atoms with van der Waals surface area (Å²) in [6, 6.07) is 4.12. The molecule has 0 aromatic carbocycles. The van der Waals surface area contributed by atoms with E-state index < -0.39 is 0 Å².